The van der Waals surface area contributed by atoms with Crippen LogP contribution in [-0.2, 0) is 4.79 Å². The molecule has 0 spiro atoms. The predicted octanol–water partition coefficient (Wildman–Crippen LogP) is 3.57. The number of piperidine rings is 1. The van der Waals surface area contributed by atoms with Crippen LogP contribution in [0.3, 0.4) is 0 Å². The van der Waals surface area contributed by atoms with Gasteiger partial charge in [-0.25, -0.2) is 0 Å². The highest BCUT2D eigenvalue weighted by molar-refractivity contribution is 5.83. The highest BCUT2D eigenvalue weighted by atomic mass is 19.4. The number of carbonyl (C=O) groups excluding carboxylic acids is 1. The zero-order valence-electron chi connectivity index (χ0n) is 14.0. The van der Waals surface area contributed by atoms with Gasteiger partial charge in [0.05, 0.1) is 12.5 Å². The summed E-state index contributed by atoms with van der Waals surface area (Å²) < 4.78 is 37.1. The third-order valence-electron chi connectivity index (χ3n) is 4.60. The Kier molecular flexibility index (Phi) is 6.66. The van der Waals surface area contributed by atoms with Gasteiger partial charge in [0.2, 0.25) is 5.91 Å². The third-order valence-corrected chi connectivity index (χ3v) is 4.60. The molecule has 1 amide bonds. The number of halogens is 3. The van der Waals surface area contributed by atoms with Gasteiger partial charge in [0, 0.05) is 6.54 Å². The Bertz CT molecular complexity index is 511. The second kappa shape index (κ2) is 8.51. The molecule has 1 N–H and O–H groups in total. The first kappa shape index (κ1) is 18.8. The molecule has 1 fully saturated rings. The monoisotopic (exact) mass is 342 g/mol. The van der Waals surface area contributed by atoms with Gasteiger partial charge in [-0.05, 0) is 43.8 Å². The third kappa shape index (κ3) is 5.82. The number of hydrogen-bond donors (Lipinski definition) is 1. The van der Waals surface area contributed by atoms with Gasteiger partial charge in [-0.15, -0.1) is 0 Å². The smallest absolute Gasteiger partial charge is 0.355 e. The van der Waals surface area contributed by atoms with Crippen molar-refractivity contribution in [2.75, 3.05) is 26.2 Å². The van der Waals surface area contributed by atoms with Crippen molar-refractivity contribution in [3.63, 3.8) is 0 Å². The van der Waals surface area contributed by atoms with E-state index in [0.29, 0.717) is 32.5 Å². The number of nitrogens with one attached hydrogen (secondary N) is 1. The minimum atomic E-state index is -4.13. The number of nitrogens with zero attached hydrogens (tertiary/aromatic N) is 1. The Morgan fingerprint density at radius 3 is 2.42 bits per heavy atom. The average Bonchev–Trinajstić information content (AvgIpc) is 2.54. The van der Waals surface area contributed by atoms with Crippen molar-refractivity contribution in [1.82, 2.24) is 10.2 Å². The lowest BCUT2D eigenvalue weighted by Gasteiger charge is -2.32. The summed E-state index contributed by atoms with van der Waals surface area (Å²) in [7, 11) is 0. The lowest BCUT2D eigenvalue weighted by molar-refractivity contribution is -0.148. The SMILES string of the molecule is CCC(C(=O)NCC1CCN(CC(F)(F)F)CC1)c1ccccc1. The fourth-order valence-corrected chi connectivity index (χ4v) is 3.23. The van der Waals surface area contributed by atoms with Crippen LogP contribution in [0.15, 0.2) is 30.3 Å². The lowest BCUT2D eigenvalue weighted by Crippen LogP contribution is -2.43. The largest absolute Gasteiger partial charge is 0.401 e. The first-order valence-corrected chi connectivity index (χ1v) is 8.50. The van der Waals surface area contributed by atoms with Gasteiger partial charge in [0.15, 0.2) is 0 Å². The summed E-state index contributed by atoms with van der Waals surface area (Å²) in [6.45, 7) is 2.57. The molecular formula is C18H25F3N2O. The summed E-state index contributed by atoms with van der Waals surface area (Å²) in [6, 6.07) is 9.65. The Morgan fingerprint density at radius 1 is 1.25 bits per heavy atom. The van der Waals surface area contributed by atoms with E-state index in [1.54, 1.807) is 0 Å². The van der Waals surface area contributed by atoms with Gasteiger partial charge in [-0.2, -0.15) is 13.2 Å². The van der Waals surface area contributed by atoms with Crippen molar-refractivity contribution in [1.29, 1.82) is 0 Å². The molecule has 1 aromatic carbocycles. The molecule has 0 radical (unpaired) electrons. The van der Waals surface area contributed by atoms with E-state index >= 15 is 0 Å². The van der Waals surface area contributed by atoms with Gasteiger partial charge in [-0.1, -0.05) is 37.3 Å². The molecule has 0 bridgehead atoms. The second-order valence-electron chi connectivity index (χ2n) is 6.45. The summed E-state index contributed by atoms with van der Waals surface area (Å²) in [4.78, 5) is 13.8. The van der Waals surface area contributed by atoms with Crippen LogP contribution < -0.4 is 5.32 Å². The van der Waals surface area contributed by atoms with E-state index in [0.717, 1.165) is 12.0 Å². The van der Waals surface area contributed by atoms with Crippen molar-refractivity contribution in [3.8, 4) is 0 Å². The van der Waals surface area contributed by atoms with Crippen LogP contribution >= 0.6 is 0 Å². The molecule has 1 heterocycles. The van der Waals surface area contributed by atoms with Crippen LogP contribution in [0.4, 0.5) is 13.2 Å². The highest BCUT2D eigenvalue weighted by Crippen LogP contribution is 2.23. The average molecular weight is 342 g/mol. The number of hydrogen-bond acceptors (Lipinski definition) is 2. The maximum Gasteiger partial charge on any atom is 0.401 e. The first-order chi connectivity index (χ1) is 11.4. The molecule has 0 aliphatic carbocycles. The van der Waals surface area contributed by atoms with Crippen LogP contribution in [0.5, 0.6) is 0 Å². The number of benzene rings is 1. The molecule has 1 aliphatic rings. The van der Waals surface area contributed by atoms with Crippen LogP contribution in [-0.4, -0.2) is 43.2 Å². The van der Waals surface area contributed by atoms with Crippen molar-refractivity contribution < 1.29 is 18.0 Å². The zero-order chi connectivity index (χ0) is 17.6. The maximum atomic E-state index is 12.4. The van der Waals surface area contributed by atoms with Crippen LogP contribution in [0.25, 0.3) is 0 Å². The number of amides is 1. The van der Waals surface area contributed by atoms with E-state index in [9.17, 15) is 18.0 Å². The maximum absolute atomic E-state index is 12.4. The van der Waals surface area contributed by atoms with Crippen LogP contribution in [0.2, 0.25) is 0 Å². The number of alkyl halides is 3. The Morgan fingerprint density at radius 2 is 1.88 bits per heavy atom. The fraction of sp³-hybridized carbons (Fsp3) is 0.611. The van der Waals surface area contributed by atoms with Crippen molar-refractivity contribution in [2.45, 2.75) is 38.3 Å². The molecule has 134 valence electrons. The Labute approximate surface area is 141 Å². The van der Waals surface area contributed by atoms with Gasteiger partial charge in [0.25, 0.3) is 0 Å². The quantitative estimate of drug-likeness (QED) is 0.857. The molecule has 1 saturated heterocycles. The van der Waals surface area contributed by atoms with Crippen molar-refractivity contribution >= 4 is 5.91 Å². The summed E-state index contributed by atoms with van der Waals surface area (Å²) in [5.41, 5.74) is 0.998. The predicted molar refractivity (Wildman–Crippen MR) is 87.7 cm³/mol. The molecule has 3 nitrogen and oxygen atoms in total. The minimum Gasteiger partial charge on any atom is -0.355 e. The van der Waals surface area contributed by atoms with Gasteiger partial charge >= 0.3 is 6.18 Å². The minimum absolute atomic E-state index is 0.00132. The van der Waals surface area contributed by atoms with E-state index in [2.05, 4.69) is 5.32 Å². The van der Waals surface area contributed by atoms with Crippen LogP contribution in [0.1, 0.15) is 37.7 Å². The topological polar surface area (TPSA) is 32.3 Å². The lowest BCUT2D eigenvalue weighted by atomic mass is 9.94. The fourth-order valence-electron chi connectivity index (χ4n) is 3.23. The zero-order valence-corrected chi connectivity index (χ0v) is 14.0. The van der Waals surface area contributed by atoms with E-state index in [-0.39, 0.29) is 17.7 Å². The number of carbonyl (C=O) groups is 1. The number of likely N-dealkylation sites (tertiary alicyclic amines) is 1. The molecular weight excluding hydrogens is 317 g/mol. The molecule has 1 aromatic rings. The summed E-state index contributed by atoms with van der Waals surface area (Å²) in [5.74, 6) is 0.0876. The molecule has 1 aliphatic heterocycles. The molecule has 1 unspecified atom stereocenters. The molecule has 0 saturated carbocycles. The molecule has 24 heavy (non-hydrogen) atoms. The Hall–Kier alpha value is -1.56. The van der Waals surface area contributed by atoms with Crippen molar-refractivity contribution in [2.24, 2.45) is 5.92 Å². The van der Waals surface area contributed by atoms with Gasteiger partial charge < -0.3 is 5.32 Å². The Balaban J connectivity index is 1.76. The summed E-state index contributed by atoms with van der Waals surface area (Å²) in [6.07, 6.45) is -2.03. The normalized spacial score (nSPS) is 18.3. The second-order valence-corrected chi connectivity index (χ2v) is 6.45. The molecule has 0 aromatic heterocycles. The van der Waals surface area contributed by atoms with Gasteiger partial charge in [-0.3, -0.25) is 9.69 Å². The molecule has 1 atom stereocenters. The number of rotatable bonds is 6. The van der Waals surface area contributed by atoms with E-state index < -0.39 is 12.7 Å². The van der Waals surface area contributed by atoms with Gasteiger partial charge in [0.1, 0.15) is 0 Å². The first-order valence-electron chi connectivity index (χ1n) is 8.50. The standard InChI is InChI=1S/C18H25F3N2O/c1-2-16(15-6-4-3-5-7-15)17(24)22-12-14-8-10-23(11-9-14)13-18(19,20)21/h3-7,14,16H,2,8-13H2,1H3,(H,22,24). The summed E-state index contributed by atoms with van der Waals surface area (Å²) >= 11 is 0. The van der Waals surface area contributed by atoms with E-state index in [1.165, 1.54) is 4.90 Å². The summed E-state index contributed by atoms with van der Waals surface area (Å²) in [5, 5.41) is 2.99. The van der Waals surface area contributed by atoms with E-state index in [1.807, 2.05) is 37.3 Å². The van der Waals surface area contributed by atoms with Crippen LogP contribution in [0, 0.1) is 5.92 Å². The van der Waals surface area contributed by atoms with E-state index in [4.69, 9.17) is 0 Å². The molecule has 2 rings (SSSR count). The highest BCUT2D eigenvalue weighted by Gasteiger charge is 2.32. The molecule has 6 heteroatoms. The van der Waals surface area contributed by atoms with Crippen molar-refractivity contribution in [3.05, 3.63) is 35.9 Å².